The van der Waals surface area contributed by atoms with Gasteiger partial charge in [0, 0.05) is 50.6 Å². The van der Waals surface area contributed by atoms with E-state index in [-0.39, 0.29) is 24.0 Å². The summed E-state index contributed by atoms with van der Waals surface area (Å²) in [6.07, 6.45) is 4.96. The van der Waals surface area contributed by atoms with Gasteiger partial charge in [-0.3, -0.25) is 9.89 Å². The van der Waals surface area contributed by atoms with E-state index in [1.54, 1.807) is 11.3 Å². The summed E-state index contributed by atoms with van der Waals surface area (Å²) < 4.78 is 0. The summed E-state index contributed by atoms with van der Waals surface area (Å²) in [6.45, 7) is 5.32. The zero-order chi connectivity index (χ0) is 14.7. The van der Waals surface area contributed by atoms with Crippen molar-refractivity contribution in [3.63, 3.8) is 0 Å². The number of aryl methyl sites for hydroxylation is 1. The highest BCUT2D eigenvalue weighted by atomic mass is 127. The molecule has 0 radical (unpaired) electrons. The Morgan fingerprint density at radius 1 is 1.45 bits per heavy atom. The number of rotatable bonds is 5. The van der Waals surface area contributed by atoms with Gasteiger partial charge >= 0.3 is 0 Å². The maximum atomic E-state index is 4.48. The molecule has 1 saturated heterocycles. The minimum absolute atomic E-state index is 0. The third-order valence-electron chi connectivity index (χ3n) is 4.19. The van der Waals surface area contributed by atoms with Crippen molar-refractivity contribution in [1.82, 2.24) is 20.5 Å². The van der Waals surface area contributed by atoms with Gasteiger partial charge in [0.15, 0.2) is 5.96 Å². The Hall–Kier alpha value is -0.410. The third-order valence-corrected chi connectivity index (χ3v) is 5.01. The number of thiazole rings is 1. The van der Waals surface area contributed by atoms with Gasteiger partial charge in [0.05, 0.1) is 10.7 Å². The van der Waals surface area contributed by atoms with E-state index < -0.39 is 0 Å². The van der Waals surface area contributed by atoms with E-state index in [9.17, 15) is 0 Å². The van der Waals surface area contributed by atoms with Crippen LogP contribution in [0.1, 0.15) is 30.0 Å². The average Bonchev–Trinajstić information content (AvgIpc) is 3.09. The molecular formula is C15H26IN5S. The Bertz CT molecular complexity index is 500. The summed E-state index contributed by atoms with van der Waals surface area (Å²) in [5.74, 6) is 0.921. The smallest absolute Gasteiger partial charge is 0.191 e. The van der Waals surface area contributed by atoms with Crippen LogP contribution < -0.4 is 10.6 Å². The molecule has 1 aliphatic carbocycles. The summed E-state index contributed by atoms with van der Waals surface area (Å²) >= 11 is 1.71. The van der Waals surface area contributed by atoms with Crippen molar-refractivity contribution in [3.8, 4) is 0 Å². The molecule has 2 heterocycles. The van der Waals surface area contributed by atoms with E-state index >= 15 is 0 Å². The highest BCUT2D eigenvalue weighted by molar-refractivity contribution is 14.0. The number of guanidine groups is 1. The SMILES string of the molecule is CN=C(NCCc1csc(C)n1)NC1CCN(C2CC2)C1.I. The first-order valence-corrected chi connectivity index (χ1v) is 8.75. The molecule has 0 bridgehead atoms. The predicted octanol–water partition coefficient (Wildman–Crippen LogP) is 2.01. The molecule has 3 rings (SSSR count). The van der Waals surface area contributed by atoms with Crippen LogP contribution in [0, 0.1) is 6.92 Å². The minimum atomic E-state index is 0. The lowest BCUT2D eigenvalue weighted by Crippen LogP contribution is -2.45. The van der Waals surface area contributed by atoms with Crippen molar-refractivity contribution < 1.29 is 0 Å². The molecule has 0 spiro atoms. The zero-order valence-corrected chi connectivity index (χ0v) is 16.5. The van der Waals surface area contributed by atoms with Crippen molar-refractivity contribution in [1.29, 1.82) is 0 Å². The molecule has 1 aromatic heterocycles. The number of halogens is 1. The van der Waals surface area contributed by atoms with Crippen LogP contribution in [0.4, 0.5) is 0 Å². The van der Waals surface area contributed by atoms with Crippen molar-refractivity contribution >= 4 is 41.3 Å². The minimum Gasteiger partial charge on any atom is -0.356 e. The average molecular weight is 435 g/mol. The molecule has 5 nitrogen and oxygen atoms in total. The molecule has 2 N–H and O–H groups in total. The molecule has 1 aromatic rings. The van der Waals surface area contributed by atoms with Gasteiger partial charge in [0.25, 0.3) is 0 Å². The summed E-state index contributed by atoms with van der Waals surface area (Å²) in [7, 11) is 1.84. The topological polar surface area (TPSA) is 52.6 Å². The number of hydrogen-bond donors (Lipinski definition) is 2. The largest absolute Gasteiger partial charge is 0.356 e. The van der Waals surface area contributed by atoms with Gasteiger partial charge in [-0.15, -0.1) is 35.3 Å². The van der Waals surface area contributed by atoms with E-state index in [1.165, 1.54) is 31.5 Å². The predicted molar refractivity (Wildman–Crippen MR) is 103 cm³/mol. The standard InChI is InChI=1S/C15H25N5S.HI/c1-11-18-13(10-21-11)5-7-17-15(16-2)19-12-6-8-20(9-12)14-3-4-14;/h10,12,14H,3-9H2,1-2H3,(H2,16,17,19);1H. The van der Waals surface area contributed by atoms with Crippen molar-refractivity contribution in [2.75, 3.05) is 26.7 Å². The molecule has 1 aliphatic heterocycles. The van der Waals surface area contributed by atoms with E-state index in [4.69, 9.17) is 0 Å². The van der Waals surface area contributed by atoms with Crippen LogP contribution in [0.3, 0.4) is 0 Å². The summed E-state index contributed by atoms with van der Waals surface area (Å²) in [5, 5.41) is 10.2. The molecule has 0 aromatic carbocycles. The molecule has 2 aliphatic rings. The van der Waals surface area contributed by atoms with Gasteiger partial charge in [0.2, 0.25) is 0 Å². The molecule has 0 amide bonds. The highest BCUT2D eigenvalue weighted by Crippen LogP contribution is 2.29. The first kappa shape index (κ1) is 17.9. The summed E-state index contributed by atoms with van der Waals surface area (Å²) in [4.78, 5) is 11.4. The van der Waals surface area contributed by atoms with Crippen LogP contribution in [-0.2, 0) is 6.42 Å². The molecule has 124 valence electrons. The van der Waals surface area contributed by atoms with Crippen LogP contribution in [0.2, 0.25) is 0 Å². The normalized spacial score (nSPS) is 22.5. The molecule has 1 saturated carbocycles. The van der Waals surface area contributed by atoms with Crippen LogP contribution in [0.25, 0.3) is 0 Å². The molecule has 2 fully saturated rings. The van der Waals surface area contributed by atoms with Gasteiger partial charge < -0.3 is 10.6 Å². The van der Waals surface area contributed by atoms with E-state index in [0.717, 1.165) is 36.5 Å². The first-order chi connectivity index (χ1) is 10.2. The number of aliphatic imine (C=N–C) groups is 1. The Kier molecular flexibility index (Phi) is 6.88. The van der Waals surface area contributed by atoms with Crippen LogP contribution in [0.15, 0.2) is 10.4 Å². The lowest BCUT2D eigenvalue weighted by atomic mass is 10.3. The quantitative estimate of drug-likeness (QED) is 0.422. The Morgan fingerprint density at radius 3 is 2.91 bits per heavy atom. The maximum absolute atomic E-state index is 4.48. The number of aromatic nitrogens is 1. The van der Waals surface area contributed by atoms with E-state index in [2.05, 4.69) is 30.9 Å². The fraction of sp³-hybridized carbons (Fsp3) is 0.733. The molecule has 7 heteroatoms. The second-order valence-corrected chi connectivity index (χ2v) is 7.03. The highest BCUT2D eigenvalue weighted by Gasteiger charge is 2.34. The summed E-state index contributed by atoms with van der Waals surface area (Å²) in [6, 6.07) is 1.41. The second kappa shape index (κ2) is 8.44. The molecular weight excluding hydrogens is 409 g/mol. The fourth-order valence-corrected chi connectivity index (χ4v) is 3.54. The summed E-state index contributed by atoms with van der Waals surface area (Å²) in [5.41, 5.74) is 1.17. The van der Waals surface area contributed by atoms with E-state index in [1.807, 2.05) is 14.0 Å². The van der Waals surface area contributed by atoms with Crippen molar-refractivity contribution in [2.24, 2.45) is 4.99 Å². The first-order valence-electron chi connectivity index (χ1n) is 7.87. The Balaban J connectivity index is 0.00000176. The number of hydrogen-bond acceptors (Lipinski definition) is 4. The number of likely N-dealkylation sites (tertiary alicyclic amines) is 1. The van der Waals surface area contributed by atoms with Crippen LogP contribution in [0.5, 0.6) is 0 Å². The van der Waals surface area contributed by atoms with Crippen molar-refractivity contribution in [3.05, 3.63) is 16.1 Å². The van der Waals surface area contributed by atoms with Crippen LogP contribution >= 0.6 is 35.3 Å². The van der Waals surface area contributed by atoms with Gasteiger partial charge in [-0.05, 0) is 26.2 Å². The van der Waals surface area contributed by atoms with Crippen molar-refractivity contribution in [2.45, 2.75) is 44.7 Å². The van der Waals surface area contributed by atoms with Gasteiger partial charge in [-0.1, -0.05) is 0 Å². The van der Waals surface area contributed by atoms with Gasteiger partial charge in [0.1, 0.15) is 0 Å². The van der Waals surface area contributed by atoms with Crippen LogP contribution in [-0.4, -0.2) is 54.6 Å². The van der Waals surface area contributed by atoms with Gasteiger partial charge in [-0.25, -0.2) is 4.98 Å². The Labute approximate surface area is 154 Å². The monoisotopic (exact) mass is 435 g/mol. The van der Waals surface area contributed by atoms with Gasteiger partial charge in [-0.2, -0.15) is 0 Å². The van der Waals surface area contributed by atoms with E-state index in [0.29, 0.717) is 6.04 Å². The number of nitrogens with one attached hydrogen (secondary N) is 2. The fourth-order valence-electron chi connectivity index (χ4n) is 2.90. The molecule has 1 atom stereocenters. The lowest BCUT2D eigenvalue weighted by molar-refractivity contribution is 0.321. The Morgan fingerprint density at radius 2 is 2.27 bits per heavy atom. The second-order valence-electron chi connectivity index (χ2n) is 5.96. The lowest BCUT2D eigenvalue weighted by Gasteiger charge is -2.18. The molecule has 22 heavy (non-hydrogen) atoms. The third kappa shape index (κ3) is 5.06. The molecule has 1 unspecified atom stereocenters. The number of nitrogens with zero attached hydrogens (tertiary/aromatic N) is 3. The maximum Gasteiger partial charge on any atom is 0.191 e. The zero-order valence-electron chi connectivity index (χ0n) is 13.3.